The van der Waals surface area contributed by atoms with Gasteiger partial charge in [-0.3, -0.25) is 9.59 Å². The number of aromatic hydroxyl groups is 1. The third-order valence-corrected chi connectivity index (χ3v) is 4.80. The van der Waals surface area contributed by atoms with Gasteiger partial charge in [0, 0.05) is 11.3 Å². The van der Waals surface area contributed by atoms with E-state index in [1.807, 2.05) is 0 Å². The Hall–Kier alpha value is -3.22. The molecule has 0 radical (unpaired) electrons. The van der Waals surface area contributed by atoms with Crippen LogP contribution in [0.15, 0.2) is 60.7 Å². The van der Waals surface area contributed by atoms with Crippen molar-refractivity contribution in [2.75, 3.05) is 11.9 Å². The van der Waals surface area contributed by atoms with Crippen LogP contribution < -0.4 is 10.1 Å². The van der Waals surface area contributed by atoms with E-state index in [-0.39, 0.29) is 29.1 Å². The minimum atomic E-state index is -0.365. The van der Waals surface area contributed by atoms with E-state index >= 15 is 0 Å². The number of hydrogen-bond donors (Lipinski definition) is 2. The highest BCUT2D eigenvalue weighted by atomic mass is 35.5. The molecule has 8 heteroatoms. The van der Waals surface area contributed by atoms with E-state index in [2.05, 4.69) is 5.32 Å². The minimum Gasteiger partial charge on any atom is -0.506 e. The number of phenolic OH excluding ortho intramolecular Hbond substituents is 1. The number of ether oxygens (including phenoxy) is 2. The molecule has 0 saturated heterocycles. The molecule has 0 heterocycles. The van der Waals surface area contributed by atoms with Gasteiger partial charge in [0.1, 0.15) is 17.2 Å². The molecule has 0 aliphatic rings. The van der Waals surface area contributed by atoms with Crippen LogP contribution >= 0.6 is 23.2 Å². The quantitative estimate of drug-likeness (QED) is 0.432. The summed E-state index contributed by atoms with van der Waals surface area (Å²) in [7, 11) is 0. The molecule has 3 rings (SSSR count). The first-order valence-corrected chi connectivity index (χ1v) is 10.1. The molecule has 0 atom stereocenters. The average molecular weight is 460 g/mol. The lowest BCUT2D eigenvalue weighted by Gasteiger charge is -2.11. The maximum Gasteiger partial charge on any atom is 0.310 e. The van der Waals surface area contributed by atoms with Gasteiger partial charge in [0.25, 0.3) is 5.91 Å². The molecule has 0 spiro atoms. The number of amides is 1. The van der Waals surface area contributed by atoms with Gasteiger partial charge in [0.2, 0.25) is 0 Å². The van der Waals surface area contributed by atoms with Gasteiger partial charge in [0.05, 0.1) is 23.1 Å². The van der Waals surface area contributed by atoms with Crippen molar-refractivity contribution in [2.24, 2.45) is 0 Å². The third-order valence-electron chi connectivity index (χ3n) is 4.20. The van der Waals surface area contributed by atoms with E-state index in [0.29, 0.717) is 34.4 Å². The number of nitrogens with one attached hydrogen (secondary N) is 1. The second-order valence-corrected chi connectivity index (χ2v) is 7.31. The summed E-state index contributed by atoms with van der Waals surface area (Å²) in [6.07, 6.45) is 0.133. The normalized spacial score (nSPS) is 10.4. The van der Waals surface area contributed by atoms with Crippen molar-refractivity contribution in [3.63, 3.8) is 0 Å². The van der Waals surface area contributed by atoms with Crippen molar-refractivity contribution < 1.29 is 24.2 Å². The third kappa shape index (κ3) is 6.13. The van der Waals surface area contributed by atoms with Gasteiger partial charge >= 0.3 is 5.97 Å². The summed E-state index contributed by atoms with van der Waals surface area (Å²) in [5.41, 5.74) is 1.60. The molecule has 0 unspecified atom stereocenters. The summed E-state index contributed by atoms with van der Waals surface area (Å²) >= 11 is 12.1. The Balaban J connectivity index is 1.63. The number of halogens is 2. The van der Waals surface area contributed by atoms with E-state index in [4.69, 9.17) is 32.7 Å². The van der Waals surface area contributed by atoms with Gasteiger partial charge < -0.3 is 19.9 Å². The van der Waals surface area contributed by atoms with Crippen LogP contribution in [0.25, 0.3) is 0 Å². The highest BCUT2D eigenvalue weighted by Crippen LogP contribution is 2.31. The summed E-state index contributed by atoms with van der Waals surface area (Å²) < 4.78 is 10.7. The zero-order chi connectivity index (χ0) is 22.4. The maximum atomic E-state index is 12.3. The maximum absolute atomic E-state index is 12.3. The van der Waals surface area contributed by atoms with Gasteiger partial charge in [0.15, 0.2) is 0 Å². The first kappa shape index (κ1) is 22.5. The molecular weight excluding hydrogens is 441 g/mol. The predicted molar refractivity (Wildman–Crippen MR) is 119 cm³/mol. The lowest BCUT2D eigenvalue weighted by atomic mass is 10.1. The molecule has 6 nitrogen and oxygen atoms in total. The van der Waals surface area contributed by atoms with E-state index in [1.165, 1.54) is 18.2 Å². The number of carbonyl (C=O) groups is 2. The first-order chi connectivity index (χ1) is 14.9. The Kier molecular flexibility index (Phi) is 7.39. The highest BCUT2D eigenvalue weighted by Gasteiger charge is 2.11. The second-order valence-electron chi connectivity index (χ2n) is 6.49. The SMILES string of the molecule is CCOC(=O)Cc1ccc(Oc2ccc(NC(=O)c3ccc(O)c(Cl)c3)cc2)c(Cl)c1. The molecule has 0 saturated carbocycles. The van der Waals surface area contributed by atoms with E-state index in [1.54, 1.807) is 49.4 Å². The van der Waals surface area contributed by atoms with Crippen molar-refractivity contribution in [2.45, 2.75) is 13.3 Å². The predicted octanol–water partition coefficient (Wildman–Crippen LogP) is 5.85. The van der Waals surface area contributed by atoms with Crippen LogP contribution in [0.1, 0.15) is 22.8 Å². The molecule has 0 aliphatic carbocycles. The van der Waals surface area contributed by atoms with Gasteiger partial charge in [-0.15, -0.1) is 0 Å². The van der Waals surface area contributed by atoms with Crippen LogP contribution in [-0.4, -0.2) is 23.6 Å². The molecule has 0 bridgehead atoms. The van der Waals surface area contributed by atoms with Crippen molar-refractivity contribution >= 4 is 40.8 Å². The zero-order valence-electron chi connectivity index (χ0n) is 16.5. The highest BCUT2D eigenvalue weighted by molar-refractivity contribution is 6.32. The fraction of sp³-hybridized carbons (Fsp3) is 0.130. The molecule has 31 heavy (non-hydrogen) atoms. The van der Waals surface area contributed by atoms with Crippen LogP contribution in [0.2, 0.25) is 10.0 Å². The molecule has 160 valence electrons. The summed E-state index contributed by atoms with van der Waals surface area (Å²) in [6.45, 7) is 2.08. The fourth-order valence-electron chi connectivity index (χ4n) is 2.70. The monoisotopic (exact) mass is 459 g/mol. The van der Waals surface area contributed by atoms with Crippen LogP contribution in [0, 0.1) is 0 Å². The molecule has 3 aromatic rings. The molecule has 1 amide bonds. The fourth-order valence-corrected chi connectivity index (χ4v) is 3.12. The number of anilines is 1. The molecule has 0 aromatic heterocycles. The molecule has 2 N–H and O–H groups in total. The molecular formula is C23H19Cl2NO5. The Bertz CT molecular complexity index is 1100. The smallest absolute Gasteiger partial charge is 0.310 e. The average Bonchev–Trinajstić information content (AvgIpc) is 2.73. The zero-order valence-corrected chi connectivity index (χ0v) is 18.0. The minimum absolute atomic E-state index is 0.0905. The number of rotatable bonds is 7. The molecule has 0 fully saturated rings. The van der Waals surface area contributed by atoms with E-state index < -0.39 is 0 Å². The van der Waals surface area contributed by atoms with Crippen LogP contribution in [0.3, 0.4) is 0 Å². The number of carbonyl (C=O) groups excluding carboxylic acids is 2. The van der Waals surface area contributed by atoms with Gasteiger partial charge in [-0.2, -0.15) is 0 Å². The van der Waals surface area contributed by atoms with Crippen molar-refractivity contribution in [1.82, 2.24) is 0 Å². The molecule has 0 aliphatic heterocycles. The molecule has 3 aromatic carbocycles. The Labute approximate surface area is 189 Å². The van der Waals surface area contributed by atoms with Crippen molar-refractivity contribution in [1.29, 1.82) is 0 Å². The lowest BCUT2D eigenvalue weighted by molar-refractivity contribution is -0.142. The number of benzene rings is 3. The summed E-state index contributed by atoms with van der Waals surface area (Å²) in [5.74, 6) is 0.179. The first-order valence-electron chi connectivity index (χ1n) is 9.37. The number of phenols is 1. The van der Waals surface area contributed by atoms with Gasteiger partial charge in [-0.1, -0.05) is 29.3 Å². The van der Waals surface area contributed by atoms with Crippen molar-refractivity contribution in [3.05, 3.63) is 81.8 Å². The van der Waals surface area contributed by atoms with Crippen LogP contribution in [-0.2, 0) is 16.0 Å². The summed E-state index contributed by atoms with van der Waals surface area (Å²) in [5, 5.41) is 12.7. The van der Waals surface area contributed by atoms with E-state index in [0.717, 1.165) is 5.56 Å². The Morgan fingerprint density at radius 2 is 1.71 bits per heavy atom. The second kappa shape index (κ2) is 10.2. The van der Waals surface area contributed by atoms with Crippen LogP contribution in [0.5, 0.6) is 17.2 Å². The van der Waals surface area contributed by atoms with Gasteiger partial charge in [-0.25, -0.2) is 0 Å². The standard InChI is InChI=1S/C23H19Cl2NO5/c1-2-30-22(28)12-14-3-10-21(19(25)11-14)31-17-7-5-16(6-8-17)26-23(29)15-4-9-20(27)18(24)13-15/h3-11,13,27H,2,12H2,1H3,(H,26,29). The van der Waals surface area contributed by atoms with Crippen molar-refractivity contribution in [3.8, 4) is 17.2 Å². The Morgan fingerprint density at radius 1 is 0.968 bits per heavy atom. The topological polar surface area (TPSA) is 84.9 Å². The summed E-state index contributed by atoms with van der Waals surface area (Å²) in [6, 6.07) is 16.0. The lowest BCUT2D eigenvalue weighted by Crippen LogP contribution is -2.11. The largest absolute Gasteiger partial charge is 0.506 e. The van der Waals surface area contributed by atoms with Crippen LogP contribution in [0.4, 0.5) is 5.69 Å². The Morgan fingerprint density at radius 3 is 2.35 bits per heavy atom. The number of hydrogen-bond acceptors (Lipinski definition) is 5. The number of esters is 1. The van der Waals surface area contributed by atoms with E-state index in [9.17, 15) is 14.7 Å². The van der Waals surface area contributed by atoms with Gasteiger partial charge in [-0.05, 0) is 67.1 Å². The summed E-state index contributed by atoms with van der Waals surface area (Å²) in [4.78, 5) is 23.9.